The molecule has 1 heterocycles. The first-order valence-electron chi connectivity index (χ1n) is 1.98. The molecule has 2 heteroatoms. The summed E-state index contributed by atoms with van der Waals surface area (Å²) in [5, 5.41) is 0. The second kappa shape index (κ2) is 1.70. The highest BCUT2D eigenvalue weighted by Gasteiger charge is 1.92. The molecule has 1 rings (SSSR count). The molecule has 1 aliphatic rings. The third-order valence-electron chi connectivity index (χ3n) is 0.636. The van der Waals surface area contributed by atoms with Gasteiger partial charge < -0.3 is 0 Å². The van der Waals surface area contributed by atoms with E-state index in [2.05, 4.69) is 9.98 Å². The SMILES string of the molecule is C1=NCC[N+]=C1. The Morgan fingerprint density at radius 2 is 2.67 bits per heavy atom. The molecule has 1 radical (unpaired) electrons. The second-order valence-corrected chi connectivity index (χ2v) is 1.11. The Kier molecular flexibility index (Phi) is 0.998. The van der Waals surface area contributed by atoms with Crippen LogP contribution >= 0.6 is 0 Å². The van der Waals surface area contributed by atoms with E-state index in [9.17, 15) is 0 Å². The summed E-state index contributed by atoms with van der Waals surface area (Å²) < 4.78 is 0. The van der Waals surface area contributed by atoms with Gasteiger partial charge in [-0.25, -0.2) is 0 Å². The van der Waals surface area contributed by atoms with Crippen molar-refractivity contribution >= 4 is 12.4 Å². The van der Waals surface area contributed by atoms with Gasteiger partial charge in [0.2, 0.25) is 6.54 Å². The van der Waals surface area contributed by atoms with Crippen LogP contribution in [0, 0.1) is 0 Å². The normalized spacial score (nSPS) is 18.7. The summed E-state index contributed by atoms with van der Waals surface area (Å²) in [4.78, 5) is 7.81. The fourth-order valence-electron chi connectivity index (χ4n) is 0.359. The number of rotatable bonds is 0. The van der Waals surface area contributed by atoms with E-state index in [1.165, 1.54) is 0 Å². The van der Waals surface area contributed by atoms with Gasteiger partial charge in [-0.05, 0) is 0 Å². The molecule has 0 spiro atoms. The zero-order valence-electron chi connectivity index (χ0n) is 3.46. The van der Waals surface area contributed by atoms with E-state index in [0.29, 0.717) is 0 Å². The van der Waals surface area contributed by atoms with E-state index in [-0.39, 0.29) is 0 Å². The molecule has 1 aliphatic heterocycles. The molecule has 0 unspecified atom stereocenters. The van der Waals surface area contributed by atoms with Crippen molar-refractivity contribution in [2.75, 3.05) is 13.1 Å². The fraction of sp³-hybridized carbons (Fsp3) is 0.500. The van der Waals surface area contributed by atoms with E-state index < -0.39 is 0 Å². The minimum absolute atomic E-state index is 0.872. The summed E-state index contributed by atoms with van der Waals surface area (Å²) in [6, 6.07) is 0. The summed E-state index contributed by atoms with van der Waals surface area (Å²) >= 11 is 0. The Morgan fingerprint density at radius 1 is 1.67 bits per heavy atom. The quantitative estimate of drug-likeness (QED) is 0.376. The first-order valence-corrected chi connectivity index (χ1v) is 1.98. The largest absolute Gasteiger partial charge is 0.280 e. The lowest BCUT2D eigenvalue weighted by Gasteiger charge is -1.77. The monoisotopic (exact) mass is 82.1 g/mol. The molecule has 0 fully saturated rings. The van der Waals surface area contributed by atoms with Gasteiger partial charge in [0.25, 0.3) is 6.21 Å². The fourth-order valence-corrected chi connectivity index (χ4v) is 0.359. The average Bonchev–Trinajstić information content (AvgIpc) is 1.72. The van der Waals surface area contributed by atoms with Crippen LogP contribution in [0.25, 0.3) is 0 Å². The molecule has 0 N–H and O–H groups in total. The third-order valence-corrected chi connectivity index (χ3v) is 0.636. The van der Waals surface area contributed by atoms with Crippen molar-refractivity contribution in [3.05, 3.63) is 0 Å². The van der Waals surface area contributed by atoms with Crippen LogP contribution in [-0.2, 0) is 0 Å². The summed E-state index contributed by atoms with van der Waals surface area (Å²) in [6.45, 7) is 1.74. The highest BCUT2D eigenvalue weighted by molar-refractivity contribution is 6.15. The molecule has 0 bridgehead atoms. The van der Waals surface area contributed by atoms with Gasteiger partial charge in [0, 0.05) is 4.99 Å². The van der Waals surface area contributed by atoms with E-state index in [1.54, 1.807) is 12.4 Å². The van der Waals surface area contributed by atoms with Crippen LogP contribution in [0.5, 0.6) is 0 Å². The van der Waals surface area contributed by atoms with Crippen LogP contribution < -0.4 is 4.99 Å². The molecule has 0 aromatic rings. The maximum absolute atomic E-state index is 3.90. The van der Waals surface area contributed by atoms with Crippen LogP contribution in [0.3, 0.4) is 0 Å². The minimum Gasteiger partial charge on any atom is -0.280 e. The van der Waals surface area contributed by atoms with Crippen molar-refractivity contribution < 1.29 is 0 Å². The van der Waals surface area contributed by atoms with Gasteiger partial charge in [0.05, 0.1) is 6.21 Å². The Bertz CT molecular complexity index is 71.5. The molecule has 0 amide bonds. The first-order chi connectivity index (χ1) is 3.00. The lowest BCUT2D eigenvalue weighted by molar-refractivity contribution is 0.911. The average molecular weight is 82.1 g/mol. The van der Waals surface area contributed by atoms with E-state index in [4.69, 9.17) is 0 Å². The van der Waals surface area contributed by atoms with Crippen LogP contribution in [0.2, 0.25) is 0 Å². The minimum atomic E-state index is 0.872. The zero-order valence-corrected chi connectivity index (χ0v) is 3.46. The Labute approximate surface area is 36.6 Å². The van der Waals surface area contributed by atoms with Crippen molar-refractivity contribution in [2.24, 2.45) is 4.99 Å². The Hall–Kier alpha value is -0.660. The number of aliphatic imine (C=N–C) groups is 2. The molecule has 0 saturated heterocycles. The van der Waals surface area contributed by atoms with Crippen molar-refractivity contribution in [2.45, 2.75) is 0 Å². The van der Waals surface area contributed by atoms with Crippen LogP contribution in [0.1, 0.15) is 0 Å². The van der Waals surface area contributed by atoms with Crippen LogP contribution in [-0.4, -0.2) is 25.5 Å². The molecular weight excluding hydrogens is 76.1 g/mol. The molecule has 2 nitrogen and oxygen atoms in total. The van der Waals surface area contributed by atoms with E-state index in [0.717, 1.165) is 13.1 Å². The van der Waals surface area contributed by atoms with Crippen molar-refractivity contribution in [1.82, 2.24) is 4.99 Å². The molecule has 6 heavy (non-hydrogen) atoms. The molecule has 31 valence electrons. The molecular formula is C4H6N2+. The smallest absolute Gasteiger partial charge is 0.252 e. The molecule has 0 aliphatic carbocycles. The van der Waals surface area contributed by atoms with Gasteiger partial charge in [-0.1, -0.05) is 0 Å². The van der Waals surface area contributed by atoms with Gasteiger partial charge >= 0.3 is 0 Å². The summed E-state index contributed by atoms with van der Waals surface area (Å²) in [5.41, 5.74) is 0. The first kappa shape index (κ1) is 3.53. The van der Waals surface area contributed by atoms with Gasteiger partial charge in [-0.15, -0.1) is 0 Å². The summed E-state index contributed by atoms with van der Waals surface area (Å²) in [6.07, 6.45) is 3.45. The van der Waals surface area contributed by atoms with Gasteiger partial charge in [0.15, 0.2) is 0 Å². The van der Waals surface area contributed by atoms with Gasteiger partial charge in [0.1, 0.15) is 6.54 Å². The van der Waals surface area contributed by atoms with Crippen molar-refractivity contribution in [3.63, 3.8) is 0 Å². The highest BCUT2D eigenvalue weighted by atomic mass is 14.8. The summed E-state index contributed by atoms with van der Waals surface area (Å²) in [5.74, 6) is 0. The van der Waals surface area contributed by atoms with Gasteiger partial charge in [-0.2, -0.15) is 0 Å². The number of hydrogen-bond donors (Lipinski definition) is 0. The predicted octanol–water partition coefficient (Wildman–Crippen LogP) is -0.523. The summed E-state index contributed by atoms with van der Waals surface area (Å²) in [7, 11) is 0. The molecule has 0 aromatic heterocycles. The zero-order chi connectivity index (χ0) is 4.24. The lowest BCUT2D eigenvalue weighted by atomic mass is 10.6. The molecule has 0 saturated carbocycles. The second-order valence-electron chi connectivity index (χ2n) is 1.11. The predicted molar refractivity (Wildman–Crippen MR) is 26.4 cm³/mol. The standard InChI is InChI=1S/C4H6N2/c1-2-6-4-3-5-1/h1-2H,3-4H2/q+1. The Balaban J connectivity index is 2.46. The molecule has 0 aromatic carbocycles. The van der Waals surface area contributed by atoms with E-state index in [1.807, 2.05) is 0 Å². The Morgan fingerprint density at radius 3 is 2.83 bits per heavy atom. The number of hydrogen-bond acceptors (Lipinski definition) is 2. The molecule has 0 atom stereocenters. The van der Waals surface area contributed by atoms with Gasteiger partial charge in [-0.3, -0.25) is 4.99 Å². The van der Waals surface area contributed by atoms with Crippen molar-refractivity contribution in [1.29, 1.82) is 0 Å². The topological polar surface area (TPSA) is 26.5 Å². The van der Waals surface area contributed by atoms with Crippen LogP contribution in [0.15, 0.2) is 4.99 Å². The number of nitrogens with zero attached hydrogens (tertiary/aromatic N) is 2. The third kappa shape index (κ3) is 0.641. The maximum Gasteiger partial charge on any atom is 0.252 e. The maximum atomic E-state index is 3.90. The van der Waals surface area contributed by atoms with Crippen LogP contribution in [0.4, 0.5) is 0 Å². The van der Waals surface area contributed by atoms with Crippen molar-refractivity contribution in [3.8, 4) is 0 Å². The highest BCUT2D eigenvalue weighted by Crippen LogP contribution is 1.65. The lowest BCUT2D eigenvalue weighted by Crippen LogP contribution is -2.05. The van der Waals surface area contributed by atoms with E-state index >= 15 is 0 Å².